The molecule has 0 aliphatic heterocycles. The number of alkyl halides is 3. The third-order valence-corrected chi connectivity index (χ3v) is 2.51. The van der Waals surface area contributed by atoms with E-state index in [-0.39, 0.29) is 6.61 Å². The largest absolute Gasteiger partial charge is 0.414 e. The van der Waals surface area contributed by atoms with E-state index in [4.69, 9.17) is 0 Å². The predicted octanol–water partition coefficient (Wildman–Crippen LogP) is 3.00. The Balaban J connectivity index is 2.57. The van der Waals surface area contributed by atoms with E-state index in [0.29, 0.717) is 5.56 Å². The number of rotatable bonds is 4. The molecule has 1 aromatic rings. The first-order valence-corrected chi connectivity index (χ1v) is 5.24. The van der Waals surface area contributed by atoms with Crippen LogP contribution in [-0.2, 0) is 4.74 Å². The molecule has 2 unspecified atom stereocenters. The van der Waals surface area contributed by atoms with Crippen molar-refractivity contribution in [2.75, 3.05) is 6.61 Å². The lowest BCUT2D eigenvalue weighted by Crippen LogP contribution is -2.30. The molecule has 96 valence electrons. The normalized spacial score (nSPS) is 15.6. The van der Waals surface area contributed by atoms with E-state index in [9.17, 15) is 18.3 Å². The summed E-state index contributed by atoms with van der Waals surface area (Å²) in [5, 5.41) is 9.72. The maximum atomic E-state index is 12.2. The predicted molar refractivity (Wildman–Crippen MR) is 57.6 cm³/mol. The Bertz CT molecular complexity index is 363. The minimum atomic E-state index is -4.40. The first kappa shape index (κ1) is 14.0. The van der Waals surface area contributed by atoms with E-state index in [2.05, 4.69) is 4.74 Å². The Labute approximate surface area is 98.0 Å². The Hall–Kier alpha value is -1.07. The van der Waals surface area contributed by atoms with Gasteiger partial charge in [0.15, 0.2) is 6.10 Å². The summed E-state index contributed by atoms with van der Waals surface area (Å²) in [6, 6.07) is 6.97. The Kier molecular flexibility index (Phi) is 4.54. The zero-order valence-corrected chi connectivity index (χ0v) is 9.66. The highest BCUT2D eigenvalue weighted by atomic mass is 19.4. The number of aryl methyl sites for hydroxylation is 1. The zero-order chi connectivity index (χ0) is 13.1. The first-order valence-electron chi connectivity index (χ1n) is 5.24. The molecule has 1 aromatic carbocycles. The number of hydrogen-bond acceptors (Lipinski definition) is 2. The van der Waals surface area contributed by atoms with Gasteiger partial charge in [0.25, 0.3) is 0 Å². The van der Waals surface area contributed by atoms with Crippen molar-refractivity contribution in [3.8, 4) is 0 Å². The second-order valence-electron chi connectivity index (χ2n) is 3.89. The van der Waals surface area contributed by atoms with Gasteiger partial charge < -0.3 is 9.84 Å². The number of ether oxygens (including phenoxy) is 1. The van der Waals surface area contributed by atoms with Crippen molar-refractivity contribution >= 4 is 0 Å². The van der Waals surface area contributed by atoms with Crippen LogP contribution < -0.4 is 0 Å². The van der Waals surface area contributed by atoms with Gasteiger partial charge in [-0.1, -0.05) is 24.3 Å². The number of aliphatic hydroxyl groups is 1. The second-order valence-corrected chi connectivity index (χ2v) is 3.89. The maximum absolute atomic E-state index is 12.2. The summed E-state index contributed by atoms with van der Waals surface area (Å²) in [5.41, 5.74) is 1.41. The van der Waals surface area contributed by atoms with E-state index in [1.165, 1.54) is 0 Å². The molecular weight excluding hydrogens is 233 g/mol. The monoisotopic (exact) mass is 248 g/mol. The average molecular weight is 248 g/mol. The van der Waals surface area contributed by atoms with Crippen LogP contribution in [0.25, 0.3) is 0 Å². The van der Waals surface area contributed by atoms with E-state index < -0.39 is 18.4 Å². The van der Waals surface area contributed by atoms with Gasteiger partial charge in [0.2, 0.25) is 0 Å². The van der Waals surface area contributed by atoms with E-state index >= 15 is 0 Å². The molecule has 0 aromatic heterocycles. The molecule has 0 amide bonds. The Morgan fingerprint density at radius 3 is 2.41 bits per heavy atom. The van der Waals surface area contributed by atoms with Gasteiger partial charge in [-0.15, -0.1) is 0 Å². The molecule has 0 saturated carbocycles. The lowest BCUT2D eigenvalue weighted by Gasteiger charge is -2.19. The molecule has 0 saturated heterocycles. The van der Waals surface area contributed by atoms with Crippen LogP contribution in [-0.4, -0.2) is 24.0 Å². The van der Waals surface area contributed by atoms with Crippen LogP contribution in [0.15, 0.2) is 24.3 Å². The molecule has 5 heteroatoms. The number of benzene rings is 1. The third kappa shape index (κ3) is 4.02. The minimum Gasteiger partial charge on any atom is -0.386 e. The molecule has 0 aliphatic rings. The summed E-state index contributed by atoms with van der Waals surface area (Å²) in [4.78, 5) is 0. The fraction of sp³-hybridized carbons (Fsp3) is 0.500. The average Bonchev–Trinajstić information content (AvgIpc) is 2.24. The quantitative estimate of drug-likeness (QED) is 0.887. The fourth-order valence-electron chi connectivity index (χ4n) is 1.38. The number of aliphatic hydroxyl groups excluding tert-OH is 1. The Morgan fingerprint density at radius 1 is 1.29 bits per heavy atom. The van der Waals surface area contributed by atoms with E-state index in [0.717, 1.165) is 12.5 Å². The highest BCUT2D eigenvalue weighted by Gasteiger charge is 2.37. The van der Waals surface area contributed by atoms with Gasteiger partial charge in [-0.3, -0.25) is 0 Å². The van der Waals surface area contributed by atoms with E-state index in [1.54, 1.807) is 31.2 Å². The zero-order valence-electron chi connectivity index (χ0n) is 9.66. The number of hydrogen-bond donors (Lipinski definition) is 1. The van der Waals surface area contributed by atoms with Crippen LogP contribution in [0.5, 0.6) is 0 Å². The van der Waals surface area contributed by atoms with Crippen molar-refractivity contribution in [2.24, 2.45) is 0 Å². The van der Waals surface area contributed by atoms with Crippen molar-refractivity contribution < 1.29 is 23.0 Å². The van der Waals surface area contributed by atoms with Gasteiger partial charge in [0.1, 0.15) is 6.10 Å². The van der Waals surface area contributed by atoms with Crippen molar-refractivity contribution in [1.82, 2.24) is 0 Å². The summed E-state index contributed by atoms with van der Waals surface area (Å²) in [6.45, 7) is 2.34. The molecule has 0 bridgehead atoms. The van der Waals surface area contributed by atoms with Gasteiger partial charge >= 0.3 is 6.18 Å². The van der Waals surface area contributed by atoms with Gasteiger partial charge in [0.05, 0.1) is 6.61 Å². The highest BCUT2D eigenvalue weighted by molar-refractivity contribution is 5.27. The molecule has 0 heterocycles. The van der Waals surface area contributed by atoms with E-state index in [1.807, 2.05) is 0 Å². The molecule has 2 atom stereocenters. The van der Waals surface area contributed by atoms with Crippen LogP contribution in [0.2, 0.25) is 0 Å². The van der Waals surface area contributed by atoms with Gasteiger partial charge in [0, 0.05) is 0 Å². The van der Waals surface area contributed by atoms with Crippen LogP contribution in [0.4, 0.5) is 13.2 Å². The number of halogens is 3. The second kappa shape index (κ2) is 5.51. The minimum absolute atomic E-state index is 0.370. The fourth-order valence-corrected chi connectivity index (χ4v) is 1.38. The summed E-state index contributed by atoms with van der Waals surface area (Å²) in [5.74, 6) is 0. The SMILES string of the molecule is Cc1ccccc1C(O)COC(C)C(F)(F)F. The first-order chi connectivity index (χ1) is 7.82. The van der Waals surface area contributed by atoms with Gasteiger partial charge in [-0.2, -0.15) is 13.2 Å². The summed E-state index contributed by atoms with van der Waals surface area (Å²) in [6.07, 6.45) is -7.31. The lowest BCUT2D eigenvalue weighted by molar-refractivity contribution is -0.219. The summed E-state index contributed by atoms with van der Waals surface area (Å²) in [7, 11) is 0. The van der Waals surface area contributed by atoms with Crippen molar-refractivity contribution in [2.45, 2.75) is 32.2 Å². The molecule has 0 fully saturated rings. The third-order valence-electron chi connectivity index (χ3n) is 2.51. The summed E-state index contributed by atoms with van der Waals surface area (Å²) >= 11 is 0. The molecule has 0 aliphatic carbocycles. The molecular formula is C12H15F3O2. The standard InChI is InChI=1S/C12H15F3O2/c1-8-5-3-4-6-10(8)11(16)7-17-9(2)12(13,14)15/h3-6,9,11,16H,7H2,1-2H3. The molecule has 1 N–H and O–H groups in total. The van der Waals surface area contributed by atoms with Crippen LogP contribution in [0.3, 0.4) is 0 Å². The van der Waals surface area contributed by atoms with Crippen molar-refractivity contribution in [1.29, 1.82) is 0 Å². The molecule has 17 heavy (non-hydrogen) atoms. The van der Waals surface area contributed by atoms with Gasteiger partial charge in [-0.05, 0) is 25.0 Å². The molecule has 2 nitrogen and oxygen atoms in total. The lowest BCUT2D eigenvalue weighted by atomic mass is 10.0. The molecule has 1 rings (SSSR count). The molecule has 0 radical (unpaired) electrons. The maximum Gasteiger partial charge on any atom is 0.414 e. The van der Waals surface area contributed by atoms with Gasteiger partial charge in [-0.25, -0.2) is 0 Å². The van der Waals surface area contributed by atoms with Crippen molar-refractivity contribution in [3.05, 3.63) is 35.4 Å². The highest BCUT2D eigenvalue weighted by Crippen LogP contribution is 2.24. The molecule has 0 spiro atoms. The Morgan fingerprint density at radius 2 is 1.88 bits per heavy atom. The van der Waals surface area contributed by atoms with Crippen LogP contribution >= 0.6 is 0 Å². The topological polar surface area (TPSA) is 29.5 Å². The van der Waals surface area contributed by atoms with Crippen LogP contribution in [0, 0.1) is 6.92 Å². The van der Waals surface area contributed by atoms with Crippen molar-refractivity contribution in [3.63, 3.8) is 0 Å². The smallest absolute Gasteiger partial charge is 0.386 e. The van der Waals surface area contributed by atoms with Crippen LogP contribution in [0.1, 0.15) is 24.2 Å². The summed E-state index contributed by atoms with van der Waals surface area (Å²) < 4.78 is 41.1.